The van der Waals surface area contributed by atoms with Gasteiger partial charge in [-0.05, 0) is 56.0 Å². The number of benzene rings is 2. The third-order valence-electron chi connectivity index (χ3n) is 4.72. The minimum absolute atomic E-state index is 0.0279. The van der Waals surface area contributed by atoms with Gasteiger partial charge in [-0.15, -0.1) is 0 Å². The highest BCUT2D eigenvalue weighted by molar-refractivity contribution is 6.14. The van der Waals surface area contributed by atoms with Gasteiger partial charge in [-0.25, -0.2) is 0 Å². The maximum absolute atomic E-state index is 12.7. The lowest BCUT2D eigenvalue weighted by atomic mass is 9.77. The molecule has 0 aromatic heterocycles. The van der Waals surface area contributed by atoms with Crippen molar-refractivity contribution in [2.45, 2.75) is 33.1 Å². The van der Waals surface area contributed by atoms with Crippen molar-refractivity contribution in [2.24, 2.45) is 0 Å². The topological polar surface area (TPSA) is 34.1 Å². The smallest absolute Gasteiger partial charge is 0.182 e. The van der Waals surface area contributed by atoms with Gasteiger partial charge in [-0.3, -0.25) is 9.59 Å². The molecule has 2 nitrogen and oxygen atoms in total. The minimum Gasteiger partial charge on any atom is -0.295 e. The maximum atomic E-state index is 12.7. The van der Waals surface area contributed by atoms with Crippen molar-refractivity contribution in [2.75, 3.05) is 0 Å². The van der Waals surface area contributed by atoms with Crippen molar-refractivity contribution >= 4 is 17.6 Å². The molecule has 0 fully saturated rings. The molecule has 2 heteroatoms. The maximum Gasteiger partial charge on any atom is 0.182 e. The van der Waals surface area contributed by atoms with E-state index in [1.165, 1.54) is 24.1 Å². The van der Waals surface area contributed by atoms with Crippen molar-refractivity contribution in [1.29, 1.82) is 0 Å². The number of Topliss-reactive ketones (excluding diaryl/α,β-unsaturated/α-hetero) is 1. The Hall–Kier alpha value is -2.74. The van der Waals surface area contributed by atoms with E-state index in [1.54, 1.807) is 0 Å². The molecule has 1 unspecified atom stereocenters. The predicted molar refractivity (Wildman–Crippen MR) is 101 cm³/mol. The molecule has 3 rings (SSSR count). The third-order valence-corrected chi connectivity index (χ3v) is 4.72. The van der Waals surface area contributed by atoms with Gasteiger partial charge < -0.3 is 0 Å². The molecule has 25 heavy (non-hydrogen) atoms. The molecule has 1 atom stereocenters. The molecule has 1 aliphatic carbocycles. The fourth-order valence-electron chi connectivity index (χ4n) is 3.16. The van der Waals surface area contributed by atoms with Crippen LogP contribution in [0, 0.1) is 13.8 Å². The average Bonchev–Trinajstić information content (AvgIpc) is 2.59. The van der Waals surface area contributed by atoms with Gasteiger partial charge in [0.25, 0.3) is 0 Å². The summed E-state index contributed by atoms with van der Waals surface area (Å²) < 4.78 is 0. The molecule has 2 aromatic carbocycles. The first-order valence-corrected chi connectivity index (χ1v) is 8.54. The lowest BCUT2D eigenvalue weighted by Crippen LogP contribution is -2.19. The summed E-state index contributed by atoms with van der Waals surface area (Å²) in [6.45, 7) is 5.61. The summed E-state index contributed by atoms with van der Waals surface area (Å²) in [5.74, 6) is -0.180. The molecule has 0 N–H and O–H groups in total. The summed E-state index contributed by atoms with van der Waals surface area (Å²) in [5, 5.41) is 0. The highest BCUT2D eigenvalue weighted by Gasteiger charge is 2.29. The number of hydrogen-bond acceptors (Lipinski definition) is 2. The quantitative estimate of drug-likeness (QED) is 0.746. The van der Waals surface area contributed by atoms with Crippen LogP contribution in [0.25, 0.3) is 6.08 Å². The second kappa shape index (κ2) is 7.02. The van der Waals surface area contributed by atoms with E-state index in [0.717, 1.165) is 16.7 Å². The highest BCUT2D eigenvalue weighted by Crippen LogP contribution is 2.37. The zero-order chi connectivity index (χ0) is 18.0. The van der Waals surface area contributed by atoms with E-state index in [2.05, 4.69) is 24.3 Å². The Morgan fingerprint density at radius 1 is 0.960 bits per heavy atom. The molecule has 0 saturated heterocycles. The summed E-state index contributed by atoms with van der Waals surface area (Å²) in [6.07, 6.45) is 4.04. The molecule has 0 radical (unpaired) electrons. The lowest BCUT2D eigenvalue weighted by Gasteiger charge is -2.25. The van der Waals surface area contributed by atoms with E-state index in [4.69, 9.17) is 0 Å². The Balaban J connectivity index is 2.07. The Morgan fingerprint density at radius 3 is 2.08 bits per heavy atom. The summed E-state index contributed by atoms with van der Waals surface area (Å²) in [7, 11) is 0. The van der Waals surface area contributed by atoms with E-state index < -0.39 is 0 Å². The van der Waals surface area contributed by atoms with Gasteiger partial charge in [0.05, 0.1) is 0 Å². The van der Waals surface area contributed by atoms with Crippen LogP contribution >= 0.6 is 0 Å². The number of carbonyl (C=O) groups excluding carboxylic acids is 2. The van der Waals surface area contributed by atoms with Crippen LogP contribution in [-0.2, 0) is 9.59 Å². The van der Waals surface area contributed by atoms with Gasteiger partial charge in [-0.1, -0.05) is 59.7 Å². The molecule has 126 valence electrons. The van der Waals surface area contributed by atoms with Gasteiger partial charge in [-0.2, -0.15) is 0 Å². The van der Waals surface area contributed by atoms with Crippen LogP contribution in [0.2, 0.25) is 0 Å². The fourth-order valence-corrected chi connectivity index (χ4v) is 3.16. The van der Waals surface area contributed by atoms with E-state index in [0.29, 0.717) is 12.0 Å². The molecule has 0 saturated carbocycles. The van der Waals surface area contributed by atoms with E-state index in [-0.39, 0.29) is 17.5 Å². The zero-order valence-corrected chi connectivity index (χ0v) is 14.9. The average molecular weight is 330 g/mol. The first-order chi connectivity index (χ1) is 11.9. The number of allylic oxidation sites excluding steroid dienone is 3. The molecule has 2 aromatic rings. The summed E-state index contributed by atoms with van der Waals surface area (Å²) in [6, 6.07) is 16.3. The van der Waals surface area contributed by atoms with Gasteiger partial charge >= 0.3 is 0 Å². The Kier molecular flexibility index (Phi) is 4.80. The zero-order valence-electron chi connectivity index (χ0n) is 14.9. The monoisotopic (exact) mass is 330 g/mol. The predicted octanol–water partition coefficient (Wildman–Crippen LogP) is 4.96. The summed E-state index contributed by atoms with van der Waals surface area (Å²) in [4.78, 5) is 24.6. The number of carbonyl (C=O) groups is 2. The third kappa shape index (κ3) is 3.85. The molecule has 0 spiro atoms. The van der Waals surface area contributed by atoms with Crippen molar-refractivity contribution in [1.82, 2.24) is 0 Å². The molecular formula is C23H22O2. The van der Waals surface area contributed by atoms with Crippen LogP contribution in [0.15, 0.2) is 65.8 Å². The summed E-state index contributed by atoms with van der Waals surface area (Å²) >= 11 is 0. The Bertz CT molecular complexity index is 865. The van der Waals surface area contributed by atoms with Gasteiger partial charge in [0.2, 0.25) is 0 Å². The van der Waals surface area contributed by atoms with Crippen LogP contribution in [-0.4, -0.2) is 11.6 Å². The van der Waals surface area contributed by atoms with E-state index >= 15 is 0 Å². The molecule has 1 aliphatic rings. The van der Waals surface area contributed by atoms with Gasteiger partial charge in [0.15, 0.2) is 11.6 Å². The standard InChI is InChI=1S/C23H22O2/c1-15-4-8-18(9-5-15)12-22-21(19-10-6-16(2)7-11-19)13-20(17(3)24)14-23(22)25/h4-12,14,21H,13H2,1-3H3/b22-12-. The van der Waals surface area contributed by atoms with E-state index in [9.17, 15) is 9.59 Å². The van der Waals surface area contributed by atoms with Crippen LogP contribution in [0.5, 0.6) is 0 Å². The lowest BCUT2D eigenvalue weighted by molar-refractivity contribution is -0.115. The van der Waals surface area contributed by atoms with Gasteiger partial charge in [0.1, 0.15) is 0 Å². The van der Waals surface area contributed by atoms with Crippen LogP contribution in [0.4, 0.5) is 0 Å². The molecular weight excluding hydrogens is 308 g/mol. The number of hydrogen-bond donors (Lipinski definition) is 0. The first-order valence-electron chi connectivity index (χ1n) is 8.54. The van der Waals surface area contributed by atoms with Crippen LogP contribution in [0.1, 0.15) is 41.5 Å². The van der Waals surface area contributed by atoms with Crippen molar-refractivity contribution in [3.63, 3.8) is 0 Å². The van der Waals surface area contributed by atoms with Crippen molar-refractivity contribution in [3.05, 3.63) is 88.0 Å². The van der Waals surface area contributed by atoms with Crippen molar-refractivity contribution in [3.8, 4) is 0 Å². The first kappa shape index (κ1) is 17.1. The van der Waals surface area contributed by atoms with Crippen LogP contribution in [0.3, 0.4) is 0 Å². The van der Waals surface area contributed by atoms with Crippen molar-refractivity contribution < 1.29 is 9.59 Å². The molecule has 0 amide bonds. The SMILES string of the molecule is CC(=O)C1=CC(=O)/C(=C\c2ccc(C)cc2)C(c2ccc(C)cc2)C1. The van der Waals surface area contributed by atoms with E-state index in [1.807, 2.05) is 44.2 Å². The van der Waals surface area contributed by atoms with Crippen LogP contribution < -0.4 is 0 Å². The Morgan fingerprint density at radius 2 is 1.52 bits per heavy atom. The highest BCUT2D eigenvalue weighted by atomic mass is 16.1. The summed E-state index contributed by atoms with van der Waals surface area (Å²) in [5.41, 5.74) is 5.80. The molecule has 0 aliphatic heterocycles. The molecule has 0 heterocycles. The number of aryl methyl sites for hydroxylation is 2. The normalized spacial score (nSPS) is 19.0. The minimum atomic E-state index is -0.0849. The molecule has 0 bridgehead atoms. The number of ketones is 2. The second-order valence-corrected chi connectivity index (χ2v) is 6.77. The largest absolute Gasteiger partial charge is 0.295 e. The Labute approximate surface area is 148 Å². The fraction of sp³-hybridized carbons (Fsp3) is 0.217. The number of rotatable bonds is 3. The second-order valence-electron chi connectivity index (χ2n) is 6.77. The van der Waals surface area contributed by atoms with Gasteiger partial charge in [0, 0.05) is 11.5 Å².